The number of carbonyl (C=O) groups is 1. The number of hydrogen-bond donors (Lipinski definition) is 1. The lowest BCUT2D eigenvalue weighted by Crippen LogP contribution is -2.23. The number of halogens is 1. The summed E-state index contributed by atoms with van der Waals surface area (Å²) < 4.78 is 15.0. The van der Waals surface area contributed by atoms with Gasteiger partial charge < -0.3 is 5.32 Å². The van der Waals surface area contributed by atoms with Crippen LogP contribution in [0.15, 0.2) is 79.1 Å². The maximum Gasteiger partial charge on any atom is 0.272 e. The summed E-state index contributed by atoms with van der Waals surface area (Å²) in [6.07, 6.45) is 3.35. The molecule has 2 aromatic heterocycles. The number of nitrogens with zero attached hydrogens (tertiary/aromatic N) is 3. The van der Waals surface area contributed by atoms with E-state index in [1.807, 2.05) is 43.3 Å². The number of rotatable bonds is 5. The normalized spacial score (nSPS) is 10.7. The van der Waals surface area contributed by atoms with Crippen LogP contribution in [0.3, 0.4) is 0 Å². The van der Waals surface area contributed by atoms with Crippen molar-refractivity contribution < 1.29 is 9.18 Å². The summed E-state index contributed by atoms with van der Waals surface area (Å²) >= 11 is 0. The second-order valence-corrected chi connectivity index (χ2v) is 6.71. The Kier molecular flexibility index (Phi) is 5.16. The van der Waals surface area contributed by atoms with Gasteiger partial charge in [-0.2, -0.15) is 5.10 Å². The van der Waals surface area contributed by atoms with Crippen LogP contribution in [0, 0.1) is 12.7 Å². The van der Waals surface area contributed by atoms with E-state index in [1.54, 1.807) is 35.3 Å². The van der Waals surface area contributed by atoms with Gasteiger partial charge in [0.1, 0.15) is 5.82 Å². The highest BCUT2D eigenvalue weighted by Crippen LogP contribution is 2.24. The summed E-state index contributed by atoms with van der Waals surface area (Å²) in [4.78, 5) is 16.7. The maximum absolute atomic E-state index is 13.3. The van der Waals surface area contributed by atoms with Crippen molar-refractivity contribution in [3.05, 3.63) is 102 Å². The van der Waals surface area contributed by atoms with Gasteiger partial charge in [-0.05, 0) is 55.0 Å². The highest BCUT2D eigenvalue weighted by molar-refractivity contribution is 5.93. The van der Waals surface area contributed by atoms with Crippen LogP contribution in [-0.2, 0) is 6.54 Å². The fraction of sp³-hybridized carbons (Fsp3) is 0.0870. The molecule has 29 heavy (non-hydrogen) atoms. The van der Waals surface area contributed by atoms with Gasteiger partial charge in [-0.25, -0.2) is 9.07 Å². The number of nitrogens with one attached hydrogen (secondary N) is 1. The molecule has 0 spiro atoms. The van der Waals surface area contributed by atoms with E-state index in [0.29, 0.717) is 12.2 Å². The molecule has 0 aliphatic carbocycles. The minimum absolute atomic E-state index is 0.276. The first-order chi connectivity index (χ1) is 14.1. The summed E-state index contributed by atoms with van der Waals surface area (Å²) in [7, 11) is 0. The van der Waals surface area contributed by atoms with Gasteiger partial charge in [-0.3, -0.25) is 9.78 Å². The molecule has 4 rings (SSSR count). The molecule has 0 fully saturated rings. The predicted octanol–water partition coefficient (Wildman–Crippen LogP) is 4.31. The first-order valence-electron chi connectivity index (χ1n) is 9.20. The molecule has 5 nitrogen and oxygen atoms in total. The number of amides is 1. The molecular formula is C23H19FN4O. The third-order valence-electron chi connectivity index (χ3n) is 4.56. The zero-order chi connectivity index (χ0) is 20.2. The zero-order valence-corrected chi connectivity index (χ0v) is 15.8. The average molecular weight is 386 g/mol. The van der Waals surface area contributed by atoms with E-state index >= 15 is 0 Å². The molecule has 0 aliphatic rings. The Bertz CT molecular complexity index is 1120. The van der Waals surface area contributed by atoms with E-state index in [1.165, 1.54) is 17.7 Å². The van der Waals surface area contributed by atoms with Crippen molar-refractivity contribution in [3.8, 4) is 16.9 Å². The van der Waals surface area contributed by atoms with Crippen molar-refractivity contribution >= 4 is 5.91 Å². The molecule has 0 atom stereocenters. The fourth-order valence-corrected chi connectivity index (χ4v) is 2.98. The number of carbonyl (C=O) groups excluding carboxylic acids is 1. The minimum atomic E-state index is -0.331. The fourth-order valence-electron chi connectivity index (χ4n) is 2.98. The molecule has 0 aliphatic heterocycles. The minimum Gasteiger partial charge on any atom is -0.347 e. The molecule has 2 heterocycles. The predicted molar refractivity (Wildman–Crippen MR) is 109 cm³/mol. The molecule has 1 amide bonds. The van der Waals surface area contributed by atoms with Crippen molar-refractivity contribution in [1.82, 2.24) is 20.1 Å². The van der Waals surface area contributed by atoms with Crippen molar-refractivity contribution in [3.63, 3.8) is 0 Å². The third-order valence-corrected chi connectivity index (χ3v) is 4.56. The third kappa shape index (κ3) is 4.21. The van der Waals surface area contributed by atoms with Crippen molar-refractivity contribution in [2.24, 2.45) is 0 Å². The molecule has 2 aromatic carbocycles. The van der Waals surface area contributed by atoms with Gasteiger partial charge in [0.15, 0.2) is 5.69 Å². The topological polar surface area (TPSA) is 59.8 Å². The SMILES string of the molecule is Cc1ccc(CNC(=O)c2cc(-c3ccncc3)n(-c3ccc(F)cc3)n2)cc1. The second-order valence-electron chi connectivity index (χ2n) is 6.71. The summed E-state index contributed by atoms with van der Waals surface area (Å²) in [5.41, 5.74) is 4.70. The Hall–Kier alpha value is -3.80. The van der Waals surface area contributed by atoms with Gasteiger partial charge in [0.25, 0.3) is 5.91 Å². The van der Waals surface area contributed by atoms with Crippen molar-refractivity contribution in [2.75, 3.05) is 0 Å². The summed E-state index contributed by atoms with van der Waals surface area (Å²) in [5, 5.41) is 7.37. The van der Waals surface area contributed by atoms with E-state index in [-0.39, 0.29) is 17.4 Å². The van der Waals surface area contributed by atoms with Gasteiger partial charge >= 0.3 is 0 Å². The van der Waals surface area contributed by atoms with Crippen LogP contribution in [0.5, 0.6) is 0 Å². The van der Waals surface area contributed by atoms with Gasteiger partial charge in [-0.15, -0.1) is 0 Å². The molecule has 4 aromatic rings. The van der Waals surface area contributed by atoms with Crippen LogP contribution in [-0.4, -0.2) is 20.7 Å². The second kappa shape index (κ2) is 8.06. The number of aryl methyl sites for hydroxylation is 1. The van der Waals surface area contributed by atoms with Crippen LogP contribution < -0.4 is 5.32 Å². The first kappa shape index (κ1) is 18.6. The number of aromatic nitrogens is 3. The van der Waals surface area contributed by atoms with Crippen LogP contribution >= 0.6 is 0 Å². The molecular weight excluding hydrogens is 367 g/mol. The smallest absolute Gasteiger partial charge is 0.272 e. The molecule has 1 N–H and O–H groups in total. The number of pyridine rings is 1. The Morgan fingerprint density at radius 1 is 1.00 bits per heavy atom. The van der Waals surface area contributed by atoms with Gasteiger partial charge in [0.2, 0.25) is 0 Å². The highest BCUT2D eigenvalue weighted by Gasteiger charge is 2.16. The van der Waals surface area contributed by atoms with Crippen LogP contribution in [0.2, 0.25) is 0 Å². The molecule has 6 heteroatoms. The molecule has 0 saturated carbocycles. The first-order valence-corrected chi connectivity index (χ1v) is 9.20. The van der Waals surface area contributed by atoms with Crippen molar-refractivity contribution in [1.29, 1.82) is 0 Å². The van der Waals surface area contributed by atoms with Crippen LogP contribution in [0.1, 0.15) is 21.6 Å². The Balaban J connectivity index is 1.64. The zero-order valence-electron chi connectivity index (χ0n) is 15.8. The summed E-state index contributed by atoms with van der Waals surface area (Å²) in [5.74, 6) is -0.607. The highest BCUT2D eigenvalue weighted by atomic mass is 19.1. The average Bonchev–Trinajstić information content (AvgIpc) is 3.20. The van der Waals surface area contributed by atoms with Crippen LogP contribution in [0.25, 0.3) is 16.9 Å². The summed E-state index contributed by atoms with van der Waals surface area (Å²) in [6.45, 7) is 2.43. The number of benzene rings is 2. The summed E-state index contributed by atoms with van der Waals surface area (Å²) in [6, 6.07) is 19.4. The van der Waals surface area contributed by atoms with Crippen molar-refractivity contribution in [2.45, 2.75) is 13.5 Å². The van der Waals surface area contributed by atoms with Gasteiger partial charge in [0.05, 0.1) is 11.4 Å². The lowest BCUT2D eigenvalue weighted by molar-refractivity contribution is 0.0945. The Morgan fingerprint density at radius 3 is 2.38 bits per heavy atom. The molecule has 0 unspecified atom stereocenters. The largest absolute Gasteiger partial charge is 0.347 e. The molecule has 0 radical (unpaired) electrons. The lowest BCUT2D eigenvalue weighted by Gasteiger charge is -2.07. The Labute approximate surface area is 167 Å². The van der Waals surface area contributed by atoms with E-state index in [2.05, 4.69) is 15.4 Å². The molecule has 0 bridgehead atoms. The lowest BCUT2D eigenvalue weighted by atomic mass is 10.1. The molecule has 144 valence electrons. The van der Waals surface area contributed by atoms with Gasteiger partial charge in [0, 0.05) is 24.5 Å². The maximum atomic E-state index is 13.3. The molecule has 0 saturated heterocycles. The van der Waals surface area contributed by atoms with E-state index in [4.69, 9.17) is 0 Å². The monoisotopic (exact) mass is 386 g/mol. The standard InChI is InChI=1S/C23H19FN4O/c1-16-2-4-17(5-3-16)15-26-23(29)21-14-22(18-10-12-25-13-11-18)28(27-21)20-8-6-19(24)7-9-20/h2-14H,15H2,1H3,(H,26,29). The van der Waals surface area contributed by atoms with E-state index in [0.717, 1.165) is 16.8 Å². The van der Waals surface area contributed by atoms with E-state index < -0.39 is 0 Å². The number of hydrogen-bond acceptors (Lipinski definition) is 3. The van der Waals surface area contributed by atoms with Crippen LogP contribution in [0.4, 0.5) is 4.39 Å². The van der Waals surface area contributed by atoms with Gasteiger partial charge in [-0.1, -0.05) is 29.8 Å². The quantitative estimate of drug-likeness (QED) is 0.556. The van der Waals surface area contributed by atoms with E-state index in [9.17, 15) is 9.18 Å². The Morgan fingerprint density at radius 2 is 1.69 bits per heavy atom.